The van der Waals surface area contributed by atoms with Crippen LogP contribution in [0.1, 0.15) is 12.2 Å². The maximum absolute atomic E-state index is 11.5. The van der Waals surface area contributed by atoms with Gasteiger partial charge >= 0.3 is 0 Å². The van der Waals surface area contributed by atoms with Crippen molar-refractivity contribution < 1.29 is 12.8 Å². The van der Waals surface area contributed by atoms with Crippen molar-refractivity contribution in [3.63, 3.8) is 0 Å². The second-order valence-electron chi connectivity index (χ2n) is 5.57. The first-order chi connectivity index (χ1) is 9.52. The highest BCUT2D eigenvalue weighted by Gasteiger charge is 2.33. The molecule has 0 radical (unpaired) electrons. The van der Waals surface area contributed by atoms with Crippen LogP contribution >= 0.6 is 11.6 Å². The third-order valence-electron chi connectivity index (χ3n) is 4.14. The number of halogens is 1. The molecule has 0 spiro atoms. The third kappa shape index (κ3) is 3.36. The van der Waals surface area contributed by atoms with Gasteiger partial charge in [-0.15, -0.1) is 0 Å². The fourth-order valence-corrected chi connectivity index (χ4v) is 4.93. The molecule has 7 heteroatoms. The van der Waals surface area contributed by atoms with Crippen molar-refractivity contribution in [1.29, 1.82) is 0 Å². The zero-order chi connectivity index (χ0) is 14.2. The topological polar surface area (TPSA) is 53.8 Å². The number of piperazine rings is 1. The van der Waals surface area contributed by atoms with Crippen LogP contribution in [-0.4, -0.2) is 61.9 Å². The quantitative estimate of drug-likeness (QED) is 0.839. The molecule has 3 heterocycles. The zero-order valence-corrected chi connectivity index (χ0v) is 12.9. The molecule has 0 saturated carbocycles. The molecular formula is C13H19ClN2O3S. The van der Waals surface area contributed by atoms with Crippen molar-refractivity contribution in [3.8, 4) is 0 Å². The van der Waals surface area contributed by atoms with Gasteiger partial charge in [0.25, 0.3) is 0 Å². The molecule has 0 aromatic carbocycles. The predicted octanol–water partition coefficient (Wildman–Crippen LogP) is 1.24. The molecule has 2 fully saturated rings. The third-order valence-corrected chi connectivity index (χ3v) is 6.09. The predicted molar refractivity (Wildman–Crippen MR) is 77.6 cm³/mol. The molecule has 1 aromatic heterocycles. The molecular weight excluding hydrogens is 300 g/mol. The Balaban J connectivity index is 1.50. The van der Waals surface area contributed by atoms with Crippen molar-refractivity contribution in [2.45, 2.75) is 19.0 Å². The van der Waals surface area contributed by atoms with Gasteiger partial charge in [0.15, 0.2) is 15.1 Å². The average molecular weight is 319 g/mol. The SMILES string of the molecule is O=S1(=O)CC[C@H](N2CCN(Cc3ccc(Cl)o3)CC2)C1. The van der Waals surface area contributed by atoms with E-state index in [9.17, 15) is 8.42 Å². The Morgan fingerprint density at radius 2 is 2.00 bits per heavy atom. The minimum atomic E-state index is -2.79. The van der Waals surface area contributed by atoms with Gasteiger partial charge in [0, 0.05) is 32.2 Å². The van der Waals surface area contributed by atoms with E-state index in [0.717, 1.165) is 44.9 Å². The first-order valence-electron chi connectivity index (χ1n) is 6.93. The number of sulfone groups is 1. The lowest BCUT2D eigenvalue weighted by atomic mass is 10.2. The summed E-state index contributed by atoms with van der Waals surface area (Å²) in [6, 6.07) is 3.88. The van der Waals surface area contributed by atoms with Gasteiger partial charge in [-0.05, 0) is 30.2 Å². The molecule has 20 heavy (non-hydrogen) atoms. The van der Waals surface area contributed by atoms with E-state index in [-0.39, 0.29) is 6.04 Å². The van der Waals surface area contributed by atoms with Crippen LogP contribution in [0.2, 0.25) is 5.22 Å². The number of rotatable bonds is 3. The second kappa shape index (κ2) is 5.67. The largest absolute Gasteiger partial charge is 0.448 e. The Hall–Kier alpha value is -0.560. The zero-order valence-electron chi connectivity index (χ0n) is 11.3. The normalized spacial score (nSPS) is 27.9. The lowest BCUT2D eigenvalue weighted by Crippen LogP contribution is -2.50. The van der Waals surface area contributed by atoms with Crippen LogP contribution < -0.4 is 0 Å². The van der Waals surface area contributed by atoms with Crippen LogP contribution in [0.15, 0.2) is 16.5 Å². The standard InChI is InChI=1S/C13H19ClN2O3S/c14-13-2-1-12(19-13)9-15-4-6-16(7-5-15)11-3-8-20(17,18)10-11/h1-2,11H,3-10H2/t11-/m0/s1. The summed E-state index contributed by atoms with van der Waals surface area (Å²) in [5.74, 6) is 1.57. The number of nitrogens with zero attached hydrogens (tertiary/aromatic N) is 2. The molecule has 1 atom stereocenters. The number of hydrogen-bond acceptors (Lipinski definition) is 5. The summed E-state index contributed by atoms with van der Waals surface area (Å²) in [6.07, 6.45) is 0.788. The Morgan fingerprint density at radius 1 is 1.25 bits per heavy atom. The second-order valence-corrected chi connectivity index (χ2v) is 8.18. The van der Waals surface area contributed by atoms with Crippen LogP contribution in [0.4, 0.5) is 0 Å². The van der Waals surface area contributed by atoms with Gasteiger partial charge in [0.05, 0.1) is 18.1 Å². The summed E-state index contributed by atoms with van der Waals surface area (Å²) in [6.45, 7) is 4.50. The van der Waals surface area contributed by atoms with Crippen LogP contribution in [0, 0.1) is 0 Å². The van der Waals surface area contributed by atoms with Crippen molar-refractivity contribution in [3.05, 3.63) is 23.1 Å². The molecule has 5 nitrogen and oxygen atoms in total. The monoisotopic (exact) mass is 318 g/mol. The molecule has 1 aromatic rings. The first-order valence-corrected chi connectivity index (χ1v) is 9.13. The van der Waals surface area contributed by atoms with Gasteiger partial charge in [-0.2, -0.15) is 0 Å². The molecule has 0 amide bonds. The van der Waals surface area contributed by atoms with Gasteiger partial charge in [-0.25, -0.2) is 8.42 Å². The van der Waals surface area contributed by atoms with E-state index in [4.69, 9.17) is 16.0 Å². The van der Waals surface area contributed by atoms with E-state index in [2.05, 4.69) is 9.80 Å². The molecule has 2 aliphatic heterocycles. The Morgan fingerprint density at radius 3 is 2.55 bits per heavy atom. The molecule has 3 rings (SSSR count). The van der Waals surface area contributed by atoms with E-state index in [1.807, 2.05) is 6.07 Å². The highest BCUT2D eigenvalue weighted by molar-refractivity contribution is 7.91. The molecule has 0 bridgehead atoms. The summed E-state index contributed by atoms with van der Waals surface area (Å²) in [4.78, 5) is 4.63. The average Bonchev–Trinajstić information content (AvgIpc) is 2.96. The highest BCUT2D eigenvalue weighted by atomic mass is 35.5. The number of hydrogen-bond donors (Lipinski definition) is 0. The van der Waals surface area contributed by atoms with Crippen LogP contribution in [0.5, 0.6) is 0 Å². The highest BCUT2D eigenvalue weighted by Crippen LogP contribution is 2.20. The van der Waals surface area contributed by atoms with Crippen molar-refractivity contribution in [2.75, 3.05) is 37.7 Å². The van der Waals surface area contributed by atoms with Crippen molar-refractivity contribution in [1.82, 2.24) is 9.80 Å². The van der Waals surface area contributed by atoms with Gasteiger partial charge in [0.2, 0.25) is 0 Å². The van der Waals surface area contributed by atoms with Crippen molar-refractivity contribution in [2.24, 2.45) is 0 Å². The fraction of sp³-hybridized carbons (Fsp3) is 0.692. The van der Waals surface area contributed by atoms with Gasteiger partial charge in [-0.1, -0.05) is 0 Å². The fourth-order valence-electron chi connectivity index (χ4n) is 3.01. The number of furan rings is 1. The Labute approximate surface area is 124 Å². The first kappa shape index (κ1) is 14.4. The maximum atomic E-state index is 11.5. The molecule has 2 aliphatic rings. The minimum Gasteiger partial charge on any atom is -0.448 e. The molecule has 112 valence electrons. The van der Waals surface area contributed by atoms with E-state index in [0.29, 0.717) is 16.7 Å². The lowest BCUT2D eigenvalue weighted by molar-refractivity contribution is 0.0955. The maximum Gasteiger partial charge on any atom is 0.193 e. The summed E-state index contributed by atoms with van der Waals surface area (Å²) in [7, 11) is -2.79. The molecule has 0 aliphatic carbocycles. The van der Waals surface area contributed by atoms with E-state index >= 15 is 0 Å². The molecule has 2 saturated heterocycles. The van der Waals surface area contributed by atoms with Gasteiger partial charge in [-0.3, -0.25) is 9.80 Å². The van der Waals surface area contributed by atoms with Gasteiger partial charge < -0.3 is 4.42 Å². The minimum absolute atomic E-state index is 0.222. The van der Waals surface area contributed by atoms with Crippen LogP contribution in [0.25, 0.3) is 0 Å². The van der Waals surface area contributed by atoms with Gasteiger partial charge in [0.1, 0.15) is 5.76 Å². The molecule has 0 unspecified atom stereocenters. The van der Waals surface area contributed by atoms with Crippen LogP contribution in [0.3, 0.4) is 0 Å². The van der Waals surface area contributed by atoms with E-state index in [1.165, 1.54) is 0 Å². The van der Waals surface area contributed by atoms with Crippen LogP contribution in [-0.2, 0) is 16.4 Å². The molecule has 0 N–H and O–H groups in total. The Kier molecular flexibility index (Phi) is 4.08. The summed E-state index contributed by atoms with van der Waals surface area (Å²) >= 11 is 5.76. The van der Waals surface area contributed by atoms with E-state index in [1.54, 1.807) is 6.07 Å². The van der Waals surface area contributed by atoms with Crippen molar-refractivity contribution >= 4 is 21.4 Å². The Bertz CT molecular complexity index is 564. The lowest BCUT2D eigenvalue weighted by Gasteiger charge is -2.37. The summed E-state index contributed by atoms with van der Waals surface area (Å²) in [5.41, 5.74) is 0. The summed E-state index contributed by atoms with van der Waals surface area (Å²) < 4.78 is 28.4. The summed E-state index contributed by atoms with van der Waals surface area (Å²) in [5, 5.41) is 0.426. The smallest absolute Gasteiger partial charge is 0.193 e. The van der Waals surface area contributed by atoms with E-state index < -0.39 is 9.84 Å².